The van der Waals surface area contributed by atoms with E-state index in [2.05, 4.69) is 11.1 Å². The third-order valence-corrected chi connectivity index (χ3v) is 2.86. The Balaban J connectivity index is 2.47. The Labute approximate surface area is 84.6 Å². The van der Waals surface area contributed by atoms with Crippen LogP contribution in [0.25, 0.3) is 0 Å². The van der Waals surface area contributed by atoms with Gasteiger partial charge in [0.2, 0.25) is 0 Å². The van der Waals surface area contributed by atoms with Gasteiger partial charge in [-0.25, -0.2) is 0 Å². The van der Waals surface area contributed by atoms with Gasteiger partial charge in [-0.1, -0.05) is 6.42 Å². The average molecular weight is 186 g/mol. The van der Waals surface area contributed by atoms with Crippen LogP contribution in [0.3, 0.4) is 0 Å². The van der Waals surface area contributed by atoms with Crippen LogP contribution in [-0.2, 0) is 12.8 Å². The fourth-order valence-electron chi connectivity index (χ4n) is 2.03. The number of hydrogen-bond acceptors (Lipinski definition) is 2. The fraction of sp³-hybridized carbons (Fsp3) is 0.500. The van der Waals surface area contributed by atoms with Crippen LogP contribution in [-0.4, -0.2) is 4.98 Å². The molecule has 0 saturated heterocycles. The molecule has 1 heterocycles. The highest BCUT2D eigenvalue weighted by molar-refractivity contribution is 5.38. The number of aryl methyl sites for hydroxylation is 3. The van der Waals surface area contributed by atoms with Crippen molar-refractivity contribution in [1.82, 2.24) is 4.98 Å². The summed E-state index contributed by atoms with van der Waals surface area (Å²) in [4.78, 5) is 4.52. The second-order valence-electron chi connectivity index (χ2n) is 3.90. The lowest BCUT2D eigenvalue weighted by Gasteiger charge is -2.06. The van der Waals surface area contributed by atoms with E-state index in [1.165, 1.54) is 30.5 Å². The molecule has 0 unspecified atom stereocenters. The van der Waals surface area contributed by atoms with E-state index in [0.29, 0.717) is 0 Å². The lowest BCUT2D eigenvalue weighted by molar-refractivity contribution is 0.708. The largest absolute Gasteiger partial charge is 0.257 e. The van der Waals surface area contributed by atoms with Crippen molar-refractivity contribution >= 4 is 0 Å². The summed E-state index contributed by atoms with van der Waals surface area (Å²) >= 11 is 0. The Hall–Kier alpha value is -1.36. The van der Waals surface area contributed by atoms with E-state index in [0.717, 1.165) is 24.1 Å². The number of rotatable bonds is 0. The molecule has 0 spiro atoms. The summed E-state index contributed by atoms with van der Waals surface area (Å²) in [6, 6.07) is 4.23. The van der Waals surface area contributed by atoms with Gasteiger partial charge in [0.05, 0.1) is 11.3 Å². The molecule has 0 N–H and O–H groups in total. The maximum absolute atomic E-state index is 8.90. The van der Waals surface area contributed by atoms with E-state index in [-0.39, 0.29) is 0 Å². The van der Waals surface area contributed by atoms with Crippen molar-refractivity contribution in [3.05, 3.63) is 28.6 Å². The summed E-state index contributed by atoms with van der Waals surface area (Å²) in [6.07, 6.45) is 5.95. The van der Waals surface area contributed by atoms with Crippen LogP contribution < -0.4 is 0 Å². The summed E-state index contributed by atoms with van der Waals surface area (Å²) in [7, 11) is 0. The quantitative estimate of drug-likeness (QED) is 0.584. The van der Waals surface area contributed by atoms with Crippen molar-refractivity contribution in [1.29, 1.82) is 5.26 Å². The van der Waals surface area contributed by atoms with Crippen molar-refractivity contribution in [2.75, 3.05) is 0 Å². The average Bonchev–Trinajstić information content (AvgIpc) is 2.41. The molecule has 0 bridgehead atoms. The first-order valence-corrected chi connectivity index (χ1v) is 5.21. The lowest BCUT2D eigenvalue weighted by atomic mass is 10.0. The topological polar surface area (TPSA) is 36.7 Å². The molecule has 2 heteroatoms. The smallest absolute Gasteiger partial charge is 0.101 e. The van der Waals surface area contributed by atoms with Crippen molar-refractivity contribution in [3.63, 3.8) is 0 Å². The van der Waals surface area contributed by atoms with E-state index < -0.39 is 0 Å². The minimum absolute atomic E-state index is 0.741. The number of aromatic nitrogens is 1. The van der Waals surface area contributed by atoms with Crippen LogP contribution in [0.4, 0.5) is 0 Å². The Kier molecular flexibility index (Phi) is 2.49. The molecule has 72 valence electrons. The second kappa shape index (κ2) is 3.79. The van der Waals surface area contributed by atoms with Gasteiger partial charge in [-0.3, -0.25) is 4.98 Å². The molecule has 0 fully saturated rings. The van der Waals surface area contributed by atoms with Crippen LogP contribution in [0.15, 0.2) is 6.07 Å². The first-order chi connectivity index (χ1) is 6.81. The highest BCUT2D eigenvalue weighted by Gasteiger charge is 2.11. The zero-order chi connectivity index (χ0) is 9.97. The third-order valence-electron chi connectivity index (χ3n) is 2.86. The Bertz CT molecular complexity index is 388. The summed E-state index contributed by atoms with van der Waals surface area (Å²) in [5.74, 6) is 0. The highest BCUT2D eigenvalue weighted by atomic mass is 14.7. The van der Waals surface area contributed by atoms with Gasteiger partial charge in [0.15, 0.2) is 0 Å². The fourth-order valence-corrected chi connectivity index (χ4v) is 2.03. The molecule has 0 amide bonds. The Morgan fingerprint density at radius 1 is 1.29 bits per heavy atom. The third kappa shape index (κ3) is 1.63. The van der Waals surface area contributed by atoms with Crippen LogP contribution in [0.2, 0.25) is 0 Å². The van der Waals surface area contributed by atoms with Crippen molar-refractivity contribution in [3.8, 4) is 6.07 Å². The van der Waals surface area contributed by atoms with Crippen LogP contribution in [0, 0.1) is 18.3 Å². The molecule has 0 aromatic carbocycles. The normalized spacial score (nSPS) is 15.4. The van der Waals surface area contributed by atoms with Gasteiger partial charge in [-0.2, -0.15) is 5.26 Å². The number of pyridine rings is 1. The van der Waals surface area contributed by atoms with Gasteiger partial charge in [0, 0.05) is 5.69 Å². The zero-order valence-electron chi connectivity index (χ0n) is 8.51. The lowest BCUT2D eigenvalue weighted by Crippen LogP contribution is -2.00. The first kappa shape index (κ1) is 9.21. The van der Waals surface area contributed by atoms with Gasteiger partial charge in [0.25, 0.3) is 0 Å². The summed E-state index contributed by atoms with van der Waals surface area (Å²) in [6.45, 7) is 1.92. The molecular weight excluding hydrogens is 172 g/mol. The molecule has 1 aliphatic carbocycles. The van der Waals surface area contributed by atoms with E-state index >= 15 is 0 Å². The Morgan fingerprint density at radius 3 is 2.86 bits per heavy atom. The van der Waals surface area contributed by atoms with Gasteiger partial charge in [0.1, 0.15) is 6.07 Å². The molecule has 1 aromatic rings. The second-order valence-corrected chi connectivity index (χ2v) is 3.90. The van der Waals surface area contributed by atoms with Gasteiger partial charge < -0.3 is 0 Å². The van der Waals surface area contributed by atoms with Crippen molar-refractivity contribution in [2.45, 2.75) is 39.0 Å². The van der Waals surface area contributed by atoms with Crippen molar-refractivity contribution < 1.29 is 0 Å². The van der Waals surface area contributed by atoms with Gasteiger partial charge >= 0.3 is 0 Å². The Morgan fingerprint density at radius 2 is 2.07 bits per heavy atom. The molecule has 0 aliphatic heterocycles. The SMILES string of the molecule is Cc1nc2c(cc1C#N)CCCCC2. The molecule has 0 radical (unpaired) electrons. The maximum atomic E-state index is 8.90. The predicted molar refractivity (Wildman–Crippen MR) is 54.9 cm³/mol. The predicted octanol–water partition coefficient (Wildman–Crippen LogP) is 2.53. The number of nitrogens with zero attached hydrogens (tertiary/aromatic N) is 2. The van der Waals surface area contributed by atoms with Crippen LogP contribution >= 0.6 is 0 Å². The molecule has 14 heavy (non-hydrogen) atoms. The number of hydrogen-bond donors (Lipinski definition) is 0. The molecule has 1 aromatic heterocycles. The molecule has 2 nitrogen and oxygen atoms in total. The molecular formula is C12H14N2. The van der Waals surface area contributed by atoms with Crippen molar-refractivity contribution in [2.24, 2.45) is 0 Å². The summed E-state index contributed by atoms with van der Waals surface area (Å²) < 4.78 is 0. The minimum Gasteiger partial charge on any atom is -0.257 e. The standard InChI is InChI=1S/C12H14N2/c1-9-11(8-13)7-10-5-3-2-4-6-12(10)14-9/h7H,2-6H2,1H3. The van der Waals surface area contributed by atoms with E-state index in [1.54, 1.807) is 0 Å². The summed E-state index contributed by atoms with van der Waals surface area (Å²) in [5.41, 5.74) is 4.14. The zero-order valence-corrected chi connectivity index (χ0v) is 8.51. The van der Waals surface area contributed by atoms with E-state index in [9.17, 15) is 0 Å². The molecule has 0 atom stereocenters. The first-order valence-electron chi connectivity index (χ1n) is 5.21. The maximum Gasteiger partial charge on any atom is 0.101 e. The number of fused-ring (bicyclic) bond motifs is 1. The van der Waals surface area contributed by atoms with Gasteiger partial charge in [-0.15, -0.1) is 0 Å². The molecule has 1 aliphatic rings. The van der Waals surface area contributed by atoms with E-state index in [4.69, 9.17) is 5.26 Å². The minimum atomic E-state index is 0.741. The monoisotopic (exact) mass is 186 g/mol. The molecule has 0 saturated carbocycles. The van der Waals surface area contributed by atoms with Gasteiger partial charge in [-0.05, 0) is 44.2 Å². The van der Waals surface area contributed by atoms with Crippen LogP contribution in [0.5, 0.6) is 0 Å². The highest BCUT2D eigenvalue weighted by Crippen LogP contribution is 2.21. The van der Waals surface area contributed by atoms with E-state index in [1.807, 2.05) is 13.0 Å². The molecule has 2 rings (SSSR count). The number of nitriles is 1. The summed E-state index contributed by atoms with van der Waals surface area (Å²) in [5, 5.41) is 8.90. The van der Waals surface area contributed by atoms with Crippen LogP contribution in [0.1, 0.15) is 41.8 Å².